The standard InChI is InChI=1S/C21H18F3N2O.C7H15N.CH3NO.Na/c1-15-9-10-18(20(12-15)27-2)25-11-5-7-17-13-16-6-3-4-8-19(16)26(17)14-21(22,23)24;1-8-7-5-3-2-4-6-7;2-1-3;/h3-4,8-10,12-13,25H,11,14H2,1-2H3;7-8H,2-6H2,1H3;1H,(H2,2,3);/q-1;;;+1. The van der Waals surface area contributed by atoms with E-state index in [0.717, 1.165) is 17.3 Å². The van der Waals surface area contributed by atoms with Gasteiger partial charge in [0.1, 0.15) is 12.3 Å². The Kier molecular flexibility index (Phi) is 15.7. The number of amides is 1. The van der Waals surface area contributed by atoms with Gasteiger partial charge in [-0.05, 0) is 50.0 Å². The number of nitrogens with two attached hydrogens (primary N) is 1. The number of rotatable bonds is 5. The van der Waals surface area contributed by atoms with Gasteiger partial charge in [-0.1, -0.05) is 37.2 Å². The summed E-state index contributed by atoms with van der Waals surface area (Å²) in [5.74, 6) is 6.41. The van der Waals surface area contributed by atoms with E-state index in [1.807, 2.05) is 25.1 Å². The molecule has 4 N–H and O–H groups in total. The van der Waals surface area contributed by atoms with Gasteiger partial charge in [0.15, 0.2) is 0 Å². The summed E-state index contributed by atoms with van der Waals surface area (Å²) in [7, 11) is 3.65. The van der Waals surface area contributed by atoms with Gasteiger partial charge in [0.2, 0.25) is 6.41 Å². The second kappa shape index (κ2) is 17.9. The summed E-state index contributed by atoms with van der Waals surface area (Å²) >= 11 is 0. The Bertz CT molecular complexity index is 1210. The maximum absolute atomic E-state index is 12.9. The molecule has 1 saturated carbocycles. The second-order valence-corrected chi connectivity index (χ2v) is 8.82. The average molecular weight is 553 g/mol. The molecule has 1 heterocycles. The van der Waals surface area contributed by atoms with Crippen molar-refractivity contribution >= 4 is 23.0 Å². The normalized spacial score (nSPS) is 12.9. The van der Waals surface area contributed by atoms with Crippen LogP contribution in [0, 0.1) is 24.8 Å². The van der Waals surface area contributed by atoms with Crippen molar-refractivity contribution in [2.24, 2.45) is 5.73 Å². The Labute approximate surface area is 251 Å². The number of aromatic nitrogens is 1. The minimum Gasteiger partial charge on any atom is -0.495 e. The van der Waals surface area contributed by atoms with Crippen LogP contribution in [0.1, 0.15) is 43.4 Å². The molecule has 1 amide bonds. The Hall–Kier alpha value is -2.64. The van der Waals surface area contributed by atoms with Gasteiger partial charge in [-0.2, -0.15) is 13.2 Å². The van der Waals surface area contributed by atoms with Gasteiger partial charge in [0.25, 0.3) is 0 Å². The summed E-state index contributed by atoms with van der Waals surface area (Å²) in [6.45, 7) is 1.15. The third kappa shape index (κ3) is 12.0. The summed E-state index contributed by atoms with van der Waals surface area (Å²) < 4.78 is 45.3. The van der Waals surface area contributed by atoms with Gasteiger partial charge >= 0.3 is 35.7 Å². The van der Waals surface area contributed by atoms with E-state index in [1.54, 1.807) is 31.4 Å². The average Bonchev–Trinajstić information content (AvgIpc) is 3.24. The number of carbonyl (C=O) groups is 1. The summed E-state index contributed by atoms with van der Waals surface area (Å²) in [6, 6.07) is 16.1. The molecule has 0 radical (unpaired) electrons. The number of primary amides is 1. The molecule has 0 saturated heterocycles. The molecular weight excluding hydrogens is 516 g/mol. The number of methoxy groups -OCH3 is 1. The number of hydrogen-bond acceptors (Lipinski definition) is 4. The van der Waals surface area contributed by atoms with E-state index in [9.17, 15) is 13.2 Å². The minimum absolute atomic E-state index is 0. The molecule has 1 aromatic heterocycles. The molecule has 0 unspecified atom stereocenters. The molecule has 1 aliphatic carbocycles. The van der Waals surface area contributed by atoms with E-state index in [-0.39, 0.29) is 42.5 Å². The van der Waals surface area contributed by atoms with Crippen LogP contribution >= 0.6 is 0 Å². The van der Waals surface area contributed by atoms with E-state index in [0.29, 0.717) is 22.3 Å². The topological polar surface area (TPSA) is 81.3 Å². The Balaban J connectivity index is 0.000000532. The van der Waals surface area contributed by atoms with Crippen molar-refractivity contribution in [1.29, 1.82) is 0 Å². The summed E-state index contributed by atoms with van der Waals surface area (Å²) in [6.07, 6.45) is 3.05. The first-order valence-corrected chi connectivity index (χ1v) is 12.5. The SMILES string of the molecule is CNC1CCCCC1.COc1cc(C)ccc1NCC#Cc1cc2[c-]cccc2n1CC(F)(F)F.NC=O.[Na+]. The van der Waals surface area contributed by atoms with Crippen molar-refractivity contribution in [3.8, 4) is 17.6 Å². The largest absolute Gasteiger partial charge is 1.00 e. The van der Waals surface area contributed by atoms with E-state index < -0.39 is 12.7 Å². The Morgan fingerprint density at radius 2 is 1.90 bits per heavy atom. The predicted octanol–water partition coefficient (Wildman–Crippen LogP) is 2.43. The number of benzene rings is 2. The third-order valence-electron chi connectivity index (χ3n) is 6.02. The number of ether oxygens (including phenoxy) is 1. The zero-order chi connectivity index (χ0) is 28.0. The number of halogens is 3. The van der Waals surface area contributed by atoms with Crippen molar-refractivity contribution in [3.05, 3.63) is 59.8 Å². The third-order valence-corrected chi connectivity index (χ3v) is 6.02. The van der Waals surface area contributed by atoms with Crippen LogP contribution in [0.4, 0.5) is 18.9 Å². The van der Waals surface area contributed by atoms with Gasteiger partial charge in [0, 0.05) is 11.7 Å². The summed E-state index contributed by atoms with van der Waals surface area (Å²) in [5, 5.41) is 7.04. The van der Waals surface area contributed by atoms with Crippen molar-refractivity contribution in [2.45, 2.75) is 57.8 Å². The molecule has 0 aliphatic heterocycles. The molecule has 3 aromatic rings. The monoisotopic (exact) mass is 552 g/mol. The number of anilines is 1. The van der Waals surface area contributed by atoms with E-state index in [2.05, 4.69) is 41.3 Å². The summed E-state index contributed by atoms with van der Waals surface area (Å²) in [4.78, 5) is 8.58. The summed E-state index contributed by atoms with van der Waals surface area (Å²) in [5.41, 5.74) is 6.78. The number of alkyl halides is 3. The molecule has 1 aliphatic rings. The van der Waals surface area contributed by atoms with Gasteiger partial charge < -0.3 is 25.7 Å². The maximum Gasteiger partial charge on any atom is 1.00 e. The number of nitrogens with zero attached hydrogens (tertiary/aromatic N) is 1. The van der Waals surface area contributed by atoms with E-state index in [1.165, 1.54) is 36.7 Å². The Morgan fingerprint density at radius 3 is 2.49 bits per heavy atom. The first-order valence-electron chi connectivity index (χ1n) is 12.5. The van der Waals surface area contributed by atoms with Crippen LogP contribution in [0.5, 0.6) is 5.75 Å². The van der Waals surface area contributed by atoms with Gasteiger partial charge in [0.05, 0.1) is 19.3 Å². The molecular formula is C29H36F3N4NaO2. The quantitative estimate of drug-likeness (QED) is 0.197. The van der Waals surface area contributed by atoms with E-state index in [4.69, 9.17) is 9.53 Å². The number of nitrogens with one attached hydrogen (secondary N) is 2. The van der Waals surface area contributed by atoms with Gasteiger partial charge in [-0.3, -0.25) is 4.79 Å². The molecule has 2 aromatic carbocycles. The van der Waals surface area contributed by atoms with Gasteiger partial charge in [-0.25, -0.2) is 0 Å². The van der Waals surface area contributed by atoms with Crippen molar-refractivity contribution < 1.29 is 52.3 Å². The predicted molar refractivity (Wildman–Crippen MR) is 146 cm³/mol. The van der Waals surface area contributed by atoms with Crippen LogP contribution in [-0.2, 0) is 11.3 Å². The number of aryl methyl sites for hydroxylation is 1. The fourth-order valence-electron chi connectivity index (χ4n) is 4.20. The van der Waals surface area contributed by atoms with Crippen LogP contribution in [0.25, 0.3) is 10.9 Å². The molecule has 6 nitrogen and oxygen atoms in total. The van der Waals surface area contributed by atoms with Crippen LogP contribution in [0.3, 0.4) is 0 Å². The molecule has 206 valence electrons. The van der Waals surface area contributed by atoms with Gasteiger partial charge in [-0.15, -0.1) is 35.7 Å². The number of hydrogen-bond donors (Lipinski definition) is 3. The molecule has 4 rings (SSSR count). The van der Waals surface area contributed by atoms with Crippen molar-refractivity contribution in [1.82, 2.24) is 9.88 Å². The fourth-order valence-corrected chi connectivity index (χ4v) is 4.20. The zero-order valence-corrected chi connectivity index (χ0v) is 25.1. The smallest absolute Gasteiger partial charge is 0.495 e. The molecule has 0 atom stereocenters. The fraction of sp³-hybridized carbons (Fsp3) is 0.414. The first-order chi connectivity index (χ1) is 18.2. The molecule has 0 spiro atoms. The molecule has 0 bridgehead atoms. The van der Waals surface area contributed by atoms with Crippen LogP contribution in [-0.4, -0.2) is 43.9 Å². The maximum atomic E-state index is 12.9. The molecule has 39 heavy (non-hydrogen) atoms. The zero-order valence-electron chi connectivity index (χ0n) is 23.1. The minimum atomic E-state index is -4.33. The van der Waals surface area contributed by atoms with Crippen LogP contribution < -0.4 is 50.7 Å². The first kappa shape index (κ1) is 34.4. The molecule has 10 heteroatoms. The molecule has 1 fully saturated rings. The van der Waals surface area contributed by atoms with Crippen molar-refractivity contribution in [3.63, 3.8) is 0 Å². The Morgan fingerprint density at radius 1 is 1.21 bits per heavy atom. The van der Waals surface area contributed by atoms with Crippen molar-refractivity contribution in [2.75, 3.05) is 26.0 Å². The second-order valence-electron chi connectivity index (χ2n) is 8.82. The van der Waals surface area contributed by atoms with E-state index >= 15 is 0 Å². The number of carbonyl (C=O) groups excluding carboxylic acids is 1. The number of fused-ring (bicyclic) bond motifs is 1. The van der Waals surface area contributed by atoms with Crippen LogP contribution in [0.2, 0.25) is 0 Å². The van der Waals surface area contributed by atoms with Crippen LogP contribution in [0.15, 0.2) is 42.5 Å².